The maximum absolute atomic E-state index is 5.92. The van der Waals surface area contributed by atoms with E-state index in [-0.39, 0.29) is 5.41 Å². The maximum Gasteiger partial charge on any atom is 0.222 e. The number of ether oxygens (including phenoxy) is 1. The van der Waals surface area contributed by atoms with Crippen molar-refractivity contribution in [3.05, 3.63) is 17.5 Å². The normalized spacial score (nSPS) is 30.6. The molecule has 0 radical (unpaired) electrons. The number of rotatable bonds is 5. The molecule has 1 saturated heterocycles. The van der Waals surface area contributed by atoms with Crippen molar-refractivity contribution < 1.29 is 4.74 Å². The van der Waals surface area contributed by atoms with E-state index in [4.69, 9.17) is 9.72 Å². The summed E-state index contributed by atoms with van der Waals surface area (Å²) in [6, 6.07) is 0. The van der Waals surface area contributed by atoms with Crippen molar-refractivity contribution in [2.45, 2.75) is 44.1 Å². The van der Waals surface area contributed by atoms with E-state index in [2.05, 4.69) is 15.2 Å². The average molecular weight is 314 g/mol. The fourth-order valence-corrected chi connectivity index (χ4v) is 4.13. The van der Waals surface area contributed by atoms with Crippen molar-refractivity contribution in [2.24, 2.45) is 11.8 Å². The van der Waals surface area contributed by atoms with Gasteiger partial charge in [0.15, 0.2) is 0 Å². The Morgan fingerprint density at radius 3 is 2.96 bits per heavy atom. The van der Waals surface area contributed by atoms with Gasteiger partial charge in [0.25, 0.3) is 0 Å². The van der Waals surface area contributed by atoms with Crippen molar-refractivity contribution >= 4 is 5.95 Å². The van der Waals surface area contributed by atoms with Crippen LogP contribution < -0.4 is 5.32 Å². The molecule has 1 aromatic heterocycles. The third-order valence-electron chi connectivity index (χ3n) is 5.89. The van der Waals surface area contributed by atoms with Gasteiger partial charge >= 0.3 is 0 Å². The summed E-state index contributed by atoms with van der Waals surface area (Å²) in [6.45, 7) is 6.08. The minimum Gasteiger partial charge on any atom is -0.376 e. The molecule has 5 nitrogen and oxygen atoms in total. The summed E-state index contributed by atoms with van der Waals surface area (Å²) in [5, 5.41) is 3.44. The molecule has 1 N–H and O–H groups in total. The number of nitrogens with one attached hydrogen (secondary N) is 1. The van der Waals surface area contributed by atoms with Crippen molar-refractivity contribution in [1.29, 1.82) is 0 Å². The lowest BCUT2D eigenvalue weighted by molar-refractivity contribution is 0.0504. The van der Waals surface area contributed by atoms with E-state index in [0.717, 1.165) is 37.5 Å². The van der Waals surface area contributed by atoms with Crippen LogP contribution in [-0.2, 0) is 16.8 Å². The van der Waals surface area contributed by atoms with E-state index in [1.54, 1.807) is 0 Å². The Labute approximate surface area is 137 Å². The molecule has 2 aliphatic heterocycles. The number of likely N-dealkylation sites (tertiary alicyclic amines) is 1. The van der Waals surface area contributed by atoms with Crippen LogP contribution in [0.2, 0.25) is 0 Å². The van der Waals surface area contributed by atoms with E-state index in [0.29, 0.717) is 6.61 Å². The maximum atomic E-state index is 5.92. The Morgan fingerprint density at radius 2 is 2.13 bits per heavy atom. The first kappa shape index (κ1) is 14.2. The van der Waals surface area contributed by atoms with Gasteiger partial charge < -0.3 is 15.0 Å². The van der Waals surface area contributed by atoms with Gasteiger partial charge in [-0.1, -0.05) is 0 Å². The fourth-order valence-electron chi connectivity index (χ4n) is 4.13. The lowest BCUT2D eigenvalue weighted by Gasteiger charge is -2.34. The smallest absolute Gasteiger partial charge is 0.222 e. The highest BCUT2D eigenvalue weighted by molar-refractivity contribution is 5.36. The SMILES string of the molecule is c1nc(NCC2CC2)nc2c1COC[C@@]21CCN(CC2CC2)C1. The van der Waals surface area contributed by atoms with E-state index < -0.39 is 0 Å². The van der Waals surface area contributed by atoms with Crippen LogP contribution in [-0.4, -0.2) is 47.7 Å². The first-order valence-corrected chi connectivity index (χ1v) is 9.21. The number of hydrogen-bond donors (Lipinski definition) is 1. The molecule has 4 aliphatic rings. The quantitative estimate of drug-likeness (QED) is 0.903. The molecule has 5 rings (SSSR count). The molecule has 1 spiro atoms. The second-order valence-corrected chi connectivity index (χ2v) is 8.09. The third-order valence-corrected chi connectivity index (χ3v) is 5.89. The van der Waals surface area contributed by atoms with Gasteiger partial charge in [-0.3, -0.25) is 0 Å². The molecule has 124 valence electrons. The Hall–Kier alpha value is -1.20. The monoisotopic (exact) mass is 314 g/mol. The minimum atomic E-state index is 0.0986. The van der Waals surface area contributed by atoms with Crippen LogP contribution in [0, 0.1) is 11.8 Å². The number of nitrogens with zero attached hydrogens (tertiary/aromatic N) is 3. The molecule has 1 atom stereocenters. The van der Waals surface area contributed by atoms with Gasteiger partial charge in [0.2, 0.25) is 5.95 Å². The predicted octanol–water partition coefficient (Wildman–Crippen LogP) is 2.18. The highest BCUT2D eigenvalue weighted by Crippen LogP contribution is 2.41. The molecule has 5 heteroatoms. The second kappa shape index (κ2) is 5.42. The molecule has 1 aromatic rings. The predicted molar refractivity (Wildman–Crippen MR) is 88.4 cm³/mol. The molecule has 2 saturated carbocycles. The lowest BCUT2D eigenvalue weighted by atomic mass is 9.80. The van der Waals surface area contributed by atoms with E-state index in [1.807, 2.05) is 6.20 Å². The van der Waals surface area contributed by atoms with Gasteiger partial charge in [-0.15, -0.1) is 0 Å². The van der Waals surface area contributed by atoms with Crippen LogP contribution in [0.5, 0.6) is 0 Å². The van der Waals surface area contributed by atoms with Gasteiger partial charge in [0, 0.05) is 31.4 Å². The third kappa shape index (κ3) is 2.85. The molecule has 0 bridgehead atoms. The molecular formula is C18H26N4O. The van der Waals surface area contributed by atoms with Crippen LogP contribution in [0.3, 0.4) is 0 Å². The Morgan fingerprint density at radius 1 is 1.26 bits per heavy atom. The number of aromatic nitrogens is 2. The van der Waals surface area contributed by atoms with Crippen LogP contribution in [0.25, 0.3) is 0 Å². The zero-order valence-corrected chi connectivity index (χ0v) is 13.8. The van der Waals surface area contributed by atoms with Gasteiger partial charge in [0.1, 0.15) is 0 Å². The zero-order chi connectivity index (χ0) is 15.3. The van der Waals surface area contributed by atoms with Crippen LogP contribution in [0.4, 0.5) is 5.95 Å². The number of anilines is 1. The first-order valence-electron chi connectivity index (χ1n) is 9.21. The average Bonchev–Trinajstić information content (AvgIpc) is 3.48. The van der Waals surface area contributed by atoms with E-state index >= 15 is 0 Å². The highest BCUT2D eigenvalue weighted by atomic mass is 16.5. The molecular weight excluding hydrogens is 288 g/mol. The molecule has 0 unspecified atom stereocenters. The van der Waals surface area contributed by atoms with Crippen molar-refractivity contribution in [3.63, 3.8) is 0 Å². The summed E-state index contributed by atoms with van der Waals surface area (Å²) in [4.78, 5) is 12.1. The number of hydrogen-bond acceptors (Lipinski definition) is 5. The van der Waals surface area contributed by atoms with Crippen molar-refractivity contribution in [2.75, 3.05) is 38.1 Å². The lowest BCUT2D eigenvalue weighted by Crippen LogP contribution is -2.41. The minimum absolute atomic E-state index is 0.0986. The number of fused-ring (bicyclic) bond motifs is 2. The summed E-state index contributed by atoms with van der Waals surface area (Å²) in [7, 11) is 0. The van der Waals surface area contributed by atoms with Gasteiger partial charge in [-0.25, -0.2) is 9.97 Å². The summed E-state index contributed by atoms with van der Waals surface area (Å²) in [6.07, 6.45) is 8.72. The standard InChI is InChI=1S/C18H26N4O/c1-2-13(1)7-19-17-20-8-15-10-23-12-18(16(15)21-17)5-6-22(11-18)9-14-3-4-14/h8,13-14H,1-7,9-12H2,(H,19,20,21)/t18-/m0/s1. The Kier molecular flexibility index (Phi) is 3.34. The molecule has 0 aromatic carbocycles. The summed E-state index contributed by atoms with van der Waals surface area (Å²) >= 11 is 0. The van der Waals surface area contributed by atoms with Gasteiger partial charge in [-0.05, 0) is 50.5 Å². The summed E-state index contributed by atoms with van der Waals surface area (Å²) < 4.78 is 5.92. The van der Waals surface area contributed by atoms with E-state index in [1.165, 1.54) is 56.5 Å². The highest BCUT2D eigenvalue weighted by Gasteiger charge is 2.45. The Balaban J connectivity index is 1.37. The zero-order valence-electron chi connectivity index (χ0n) is 13.8. The first-order chi connectivity index (χ1) is 11.3. The summed E-state index contributed by atoms with van der Waals surface area (Å²) in [5.41, 5.74) is 2.55. The van der Waals surface area contributed by atoms with E-state index in [9.17, 15) is 0 Å². The topological polar surface area (TPSA) is 50.3 Å². The second-order valence-electron chi connectivity index (χ2n) is 8.09. The molecule has 3 fully saturated rings. The van der Waals surface area contributed by atoms with Crippen LogP contribution in [0.15, 0.2) is 6.20 Å². The molecule has 23 heavy (non-hydrogen) atoms. The van der Waals surface area contributed by atoms with Gasteiger partial charge in [-0.2, -0.15) is 0 Å². The van der Waals surface area contributed by atoms with Crippen molar-refractivity contribution in [1.82, 2.24) is 14.9 Å². The molecule has 2 aliphatic carbocycles. The fraction of sp³-hybridized carbons (Fsp3) is 0.778. The van der Waals surface area contributed by atoms with Crippen LogP contribution in [0.1, 0.15) is 43.4 Å². The molecule has 0 amide bonds. The van der Waals surface area contributed by atoms with Crippen molar-refractivity contribution in [3.8, 4) is 0 Å². The van der Waals surface area contributed by atoms with Gasteiger partial charge in [0.05, 0.1) is 24.3 Å². The molecule has 3 heterocycles. The summed E-state index contributed by atoms with van der Waals surface area (Å²) in [5.74, 6) is 2.61. The van der Waals surface area contributed by atoms with Crippen LogP contribution >= 0.6 is 0 Å². The largest absolute Gasteiger partial charge is 0.376 e. The Bertz CT molecular complexity index is 599.